The highest BCUT2D eigenvalue weighted by Crippen LogP contribution is 2.21. The number of nitrogens with zero attached hydrogens (tertiary/aromatic N) is 1. The minimum absolute atomic E-state index is 0.0250. The highest BCUT2D eigenvalue weighted by atomic mass is 16.5. The smallest absolute Gasteiger partial charge is 0.309 e. The maximum absolute atomic E-state index is 13.0. The van der Waals surface area contributed by atoms with Gasteiger partial charge < -0.3 is 35.8 Å². The SMILES string of the molecule is CC(C)C(C)C(=O)OCc1ccc(NC(=O)[C@H](C)NC(=O)[C@@H](NC(=O)CN2C(=O)C=CC2O)C(C)C)cc1CCCCC(=O)O. The average Bonchev–Trinajstić information content (AvgIpc) is 3.28. The molecule has 0 saturated heterocycles. The predicted molar refractivity (Wildman–Crippen MR) is 165 cm³/mol. The normalized spacial score (nSPS) is 16.3. The van der Waals surface area contributed by atoms with Gasteiger partial charge in [-0.25, -0.2) is 0 Å². The van der Waals surface area contributed by atoms with Crippen molar-refractivity contribution in [2.45, 2.75) is 92.1 Å². The number of carbonyl (C=O) groups excluding carboxylic acids is 5. The van der Waals surface area contributed by atoms with Gasteiger partial charge in [-0.05, 0) is 67.4 Å². The third-order valence-electron chi connectivity index (χ3n) is 7.65. The van der Waals surface area contributed by atoms with Gasteiger partial charge in [0.05, 0.1) is 5.92 Å². The lowest BCUT2D eigenvalue weighted by Gasteiger charge is -2.26. The summed E-state index contributed by atoms with van der Waals surface area (Å²) in [6.07, 6.45) is 2.74. The number of benzene rings is 1. The summed E-state index contributed by atoms with van der Waals surface area (Å²) in [4.78, 5) is 74.7. The van der Waals surface area contributed by atoms with Crippen molar-refractivity contribution in [1.82, 2.24) is 15.5 Å². The van der Waals surface area contributed by atoms with E-state index >= 15 is 0 Å². The maximum atomic E-state index is 13.0. The third kappa shape index (κ3) is 11.6. The molecule has 0 spiro atoms. The van der Waals surface area contributed by atoms with Crippen molar-refractivity contribution in [3.05, 3.63) is 41.5 Å². The van der Waals surface area contributed by atoms with E-state index in [1.807, 2.05) is 13.8 Å². The molecule has 13 nitrogen and oxygen atoms in total. The second-order valence-corrected chi connectivity index (χ2v) is 12.0. The monoisotopic (exact) mass is 630 g/mol. The Kier molecular flexibility index (Phi) is 14.2. The number of aryl methyl sites for hydroxylation is 1. The molecule has 1 aromatic carbocycles. The van der Waals surface area contributed by atoms with Gasteiger partial charge in [0.15, 0.2) is 0 Å². The first-order valence-electron chi connectivity index (χ1n) is 15.2. The van der Waals surface area contributed by atoms with E-state index < -0.39 is 54.5 Å². The van der Waals surface area contributed by atoms with Crippen molar-refractivity contribution in [2.24, 2.45) is 17.8 Å². The third-order valence-corrected chi connectivity index (χ3v) is 7.65. The van der Waals surface area contributed by atoms with Crippen LogP contribution in [0.25, 0.3) is 0 Å². The maximum Gasteiger partial charge on any atom is 0.309 e. The van der Waals surface area contributed by atoms with Gasteiger partial charge in [-0.15, -0.1) is 0 Å². The molecule has 248 valence electrons. The van der Waals surface area contributed by atoms with E-state index in [4.69, 9.17) is 9.84 Å². The molecule has 4 amide bonds. The molecule has 4 atom stereocenters. The Morgan fingerprint density at radius 3 is 2.20 bits per heavy atom. The fraction of sp³-hybridized carbons (Fsp3) is 0.562. The number of carboxylic acids is 1. The second-order valence-electron chi connectivity index (χ2n) is 12.0. The Labute approximate surface area is 263 Å². The number of aliphatic hydroxyl groups excluding tert-OH is 1. The van der Waals surface area contributed by atoms with Crippen LogP contribution in [0.4, 0.5) is 5.69 Å². The van der Waals surface area contributed by atoms with Crippen molar-refractivity contribution >= 4 is 41.3 Å². The van der Waals surface area contributed by atoms with Crippen LogP contribution in [0, 0.1) is 17.8 Å². The van der Waals surface area contributed by atoms with E-state index in [1.165, 1.54) is 13.0 Å². The summed E-state index contributed by atoms with van der Waals surface area (Å²) in [7, 11) is 0. The Hall–Kier alpha value is -4.26. The van der Waals surface area contributed by atoms with Crippen LogP contribution in [-0.2, 0) is 46.5 Å². The number of aliphatic carboxylic acids is 1. The zero-order valence-electron chi connectivity index (χ0n) is 26.8. The number of hydrogen-bond donors (Lipinski definition) is 5. The lowest BCUT2D eigenvalue weighted by Crippen LogP contribution is -2.55. The van der Waals surface area contributed by atoms with Gasteiger partial charge in [0, 0.05) is 18.2 Å². The Bertz CT molecular complexity index is 1280. The highest BCUT2D eigenvalue weighted by Gasteiger charge is 2.30. The van der Waals surface area contributed by atoms with Crippen LogP contribution in [0.3, 0.4) is 0 Å². The summed E-state index contributed by atoms with van der Waals surface area (Å²) in [5, 5.41) is 26.7. The lowest BCUT2D eigenvalue weighted by molar-refractivity contribution is -0.150. The number of amides is 4. The van der Waals surface area contributed by atoms with Gasteiger partial charge >= 0.3 is 11.9 Å². The van der Waals surface area contributed by atoms with Gasteiger partial charge in [0.25, 0.3) is 0 Å². The van der Waals surface area contributed by atoms with Crippen LogP contribution in [0.15, 0.2) is 30.4 Å². The lowest BCUT2D eigenvalue weighted by atomic mass is 9.98. The molecule has 0 radical (unpaired) electrons. The summed E-state index contributed by atoms with van der Waals surface area (Å²) in [6, 6.07) is 3.14. The molecule has 5 N–H and O–H groups in total. The van der Waals surface area contributed by atoms with Crippen molar-refractivity contribution in [3.63, 3.8) is 0 Å². The Balaban J connectivity index is 2.06. The topological polar surface area (TPSA) is 191 Å². The molecule has 2 unspecified atom stereocenters. The molecule has 0 fully saturated rings. The van der Waals surface area contributed by atoms with E-state index in [0.717, 1.165) is 22.1 Å². The molecule has 1 heterocycles. The van der Waals surface area contributed by atoms with Crippen LogP contribution in [0.5, 0.6) is 0 Å². The zero-order valence-corrected chi connectivity index (χ0v) is 26.8. The molecular formula is C32H46N4O9. The van der Waals surface area contributed by atoms with Crippen LogP contribution in [0.2, 0.25) is 0 Å². The number of nitrogens with one attached hydrogen (secondary N) is 3. The van der Waals surface area contributed by atoms with Crippen LogP contribution in [0.1, 0.15) is 71.9 Å². The van der Waals surface area contributed by atoms with E-state index in [2.05, 4.69) is 16.0 Å². The van der Waals surface area contributed by atoms with E-state index in [1.54, 1.807) is 39.0 Å². The van der Waals surface area contributed by atoms with E-state index in [9.17, 15) is 33.9 Å². The molecule has 0 aliphatic carbocycles. The standard InChI is InChI=1S/C32H46N4O9/c1-18(2)20(5)32(44)45-17-23-11-12-24(15-22(23)9-7-8-10-28(40)41)34-30(42)21(6)33-31(43)29(19(3)4)35-25(37)16-36-26(38)13-14-27(36)39/h11-15,18-21,26,29,38H,7-10,16-17H2,1-6H3,(H,33,43)(H,34,42)(H,35,37)(H,40,41)/t20?,21-,26?,29-/m0/s1. The minimum Gasteiger partial charge on any atom is -0.481 e. The number of carbonyl (C=O) groups is 6. The van der Waals surface area contributed by atoms with Crippen LogP contribution < -0.4 is 16.0 Å². The molecule has 0 saturated carbocycles. The van der Waals surface area contributed by atoms with Gasteiger partial charge in [-0.3, -0.25) is 28.8 Å². The fourth-order valence-corrected chi connectivity index (χ4v) is 4.42. The summed E-state index contributed by atoms with van der Waals surface area (Å²) in [6.45, 7) is 10.2. The number of esters is 1. The van der Waals surface area contributed by atoms with E-state index in [0.29, 0.717) is 24.9 Å². The van der Waals surface area contributed by atoms with Crippen molar-refractivity contribution in [2.75, 3.05) is 11.9 Å². The first kappa shape index (κ1) is 36.9. The molecule has 0 aromatic heterocycles. The zero-order chi connectivity index (χ0) is 33.8. The Morgan fingerprint density at radius 2 is 1.62 bits per heavy atom. The van der Waals surface area contributed by atoms with Gasteiger partial charge in [-0.2, -0.15) is 0 Å². The van der Waals surface area contributed by atoms with Crippen LogP contribution in [-0.4, -0.2) is 75.5 Å². The fourth-order valence-electron chi connectivity index (χ4n) is 4.42. The highest BCUT2D eigenvalue weighted by molar-refractivity contribution is 5.99. The first-order valence-corrected chi connectivity index (χ1v) is 15.2. The molecule has 0 bridgehead atoms. The number of aliphatic hydroxyl groups is 1. The molecule has 45 heavy (non-hydrogen) atoms. The summed E-state index contributed by atoms with van der Waals surface area (Å²) < 4.78 is 5.52. The number of unbranched alkanes of at least 4 members (excludes halogenated alkanes) is 1. The summed E-state index contributed by atoms with van der Waals surface area (Å²) in [5.41, 5.74) is 1.97. The van der Waals surface area contributed by atoms with Crippen LogP contribution >= 0.6 is 0 Å². The predicted octanol–water partition coefficient (Wildman–Crippen LogP) is 2.12. The largest absolute Gasteiger partial charge is 0.481 e. The molecular weight excluding hydrogens is 584 g/mol. The molecule has 1 aromatic rings. The molecule has 13 heteroatoms. The number of ether oxygens (including phenoxy) is 1. The second kappa shape index (κ2) is 17.3. The van der Waals surface area contributed by atoms with Gasteiger partial charge in [-0.1, -0.05) is 40.7 Å². The Morgan fingerprint density at radius 1 is 0.933 bits per heavy atom. The summed E-state index contributed by atoms with van der Waals surface area (Å²) >= 11 is 0. The molecule has 2 rings (SSSR count). The van der Waals surface area contributed by atoms with Gasteiger partial charge in [0.2, 0.25) is 23.6 Å². The number of hydrogen-bond acceptors (Lipinski definition) is 8. The van der Waals surface area contributed by atoms with Crippen molar-refractivity contribution < 1.29 is 43.7 Å². The van der Waals surface area contributed by atoms with E-state index in [-0.39, 0.29) is 36.8 Å². The number of rotatable bonds is 17. The number of anilines is 1. The number of carboxylic acid groups (broad SMARTS) is 1. The average molecular weight is 631 g/mol. The van der Waals surface area contributed by atoms with Gasteiger partial charge in [0.1, 0.15) is 31.5 Å². The quantitative estimate of drug-likeness (QED) is 0.127. The molecule has 1 aliphatic heterocycles. The van der Waals surface area contributed by atoms with Crippen molar-refractivity contribution in [3.8, 4) is 0 Å². The van der Waals surface area contributed by atoms with Crippen molar-refractivity contribution in [1.29, 1.82) is 0 Å². The minimum atomic E-state index is -1.22. The molecule has 1 aliphatic rings. The first-order chi connectivity index (χ1) is 21.1. The summed E-state index contributed by atoms with van der Waals surface area (Å²) in [5.74, 6) is -4.00.